The number of nitrogens with zero attached hydrogens (tertiary/aromatic N) is 2. The SMILES string of the molecule is COC1CC(CN)(N2CCC3CCC(C2)N3C)C1. The minimum atomic E-state index is 0.242. The molecule has 0 aromatic rings. The average molecular weight is 253 g/mol. The third kappa shape index (κ3) is 1.90. The van der Waals surface area contributed by atoms with Crippen LogP contribution in [0.15, 0.2) is 0 Å². The summed E-state index contributed by atoms with van der Waals surface area (Å²) in [5.41, 5.74) is 6.33. The number of fused-ring (bicyclic) bond motifs is 2. The van der Waals surface area contributed by atoms with Gasteiger partial charge in [-0.05, 0) is 39.2 Å². The Balaban J connectivity index is 1.69. The monoisotopic (exact) mass is 253 g/mol. The molecule has 1 saturated carbocycles. The Morgan fingerprint density at radius 2 is 1.94 bits per heavy atom. The molecule has 0 radical (unpaired) electrons. The second-order valence-electron chi connectivity index (χ2n) is 6.48. The van der Waals surface area contributed by atoms with Crippen molar-refractivity contribution in [2.75, 3.05) is 33.8 Å². The predicted octanol–water partition coefficient (Wildman–Crippen LogP) is 0.661. The molecule has 1 aliphatic carbocycles. The Morgan fingerprint density at radius 3 is 2.61 bits per heavy atom. The molecule has 2 heterocycles. The number of methoxy groups -OCH3 is 1. The quantitative estimate of drug-likeness (QED) is 0.802. The fourth-order valence-corrected chi connectivity index (χ4v) is 4.25. The molecule has 2 bridgehead atoms. The molecule has 0 aromatic carbocycles. The highest BCUT2D eigenvalue weighted by molar-refractivity contribution is 5.07. The van der Waals surface area contributed by atoms with Gasteiger partial charge in [-0.3, -0.25) is 9.80 Å². The Hall–Kier alpha value is -0.160. The van der Waals surface area contributed by atoms with Gasteiger partial charge in [0.1, 0.15) is 0 Å². The fourth-order valence-electron chi connectivity index (χ4n) is 4.25. The third-order valence-corrected chi connectivity index (χ3v) is 5.75. The van der Waals surface area contributed by atoms with E-state index in [4.69, 9.17) is 10.5 Å². The number of likely N-dealkylation sites (tertiary alicyclic amines) is 1. The van der Waals surface area contributed by atoms with Crippen LogP contribution in [0.5, 0.6) is 0 Å². The van der Waals surface area contributed by atoms with Gasteiger partial charge in [0, 0.05) is 44.4 Å². The van der Waals surface area contributed by atoms with Gasteiger partial charge in [0.15, 0.2) is 0 Å². The maximum absolute atomic E-state index is 6.09. The Bertz CT molecular complexity index is 303. The minimum absolute atomic E-state index is 0.242. The first kappa shape index (κ1) is 12.9. The van der Waals surface area contributed by atoms with Crippen LogP contribution in [-0.4, -0.2) is 67.3 Å². The number of rotatable bonds is 3. The summed E-state index contributed by atoms with van der Waals surface area (Å²) in [7, 11) is 4.13. The first-order valence-electron chi connectivity index (χ1n) is 7.38. The number of hydrogen-bond donors (Lipinski definition) is 1. The summed E-state index contributed by atoms with van der Waals surface area (Å²) in [6, 6.07) is 1.57. The van der Waals surface area contributed by atoms with Crippen LogP contribution >= 0.6 is 0 Å². The van der Waals surface area contributed by atoms with E-state index in [2.05, 4.69) is 16.8 Å². The largest absolute Gasteiger partial charge is 0.381 e. The average Bonchev–Trinajstić information content (AvgIpc) is 2.55. The summed E-state index contributed by atoms with van der Waals surface area (Å²) < 4.78 is 5.46. The van der Waals surface area contributed by atoms with Gasteiger partial charge in [-0.1, -0.05) is 0 Å². The zero-order valence-electron chi connectivity index (χ0n) is 11.8. The van der Waals surface area contributed by atoms with Crippen LogP contribution in [0.25, 0.3) is 0 Å². The van der Waals surface area contributed by atoms with Crippen molar-refractivity contribution in [3.63, 3.8) is 0 Å². The van der Waals surface area contributed by atoms with Crippen LogP contribution < -0.4 is 5.73 Å². The van der Waals surface area contributed by atoms with Crippen molar-refractivity contribution in [3.8, 4) is 0 Å². The van der Waals surface area contributed by atoms with Gasteiger partial charge in [-0.2, -0.15) is 0 Å². The molecule has 2 atom stereocenters. The number of likely N-dealkylation sites (N-methyl/N-ethyl adjacent to an activating group) is 1. The summed E-state index contributed by atoms with van der Waals surface area (Å²) in [6.07, 6.45) is 6.76. The maximum Gasteiger partial charge on any atom is 0.0607 e. The van der Waals surface area contributed by atoms with Crippen LogP contribution in [0.3, 0.4) is 0 Å². The first-order valence-corrected chi connectivity index (χ1v) is 7.38. The summed E-state index contributed by atoms with van der Waals surface area (Å²) in [5, 5.41) is 0. The van der Waals surface area contributed by atoms with Crippen LogP contribution in [-0.2, 0) is 4.74 Å². The van der Waals surface area contributed by atoms with E-state index in [1.165, 1.54) is 32.4 Å². The molecular formula is C14H27N3O. The molecule has 2 saturated heterocycles. The molecule has 2 unspecified atom stereocenters. The lowest BCUT2D eigenvalue weighted by Crippen LogP contribution is -2.65. The third-order valence-electron chi connectivity index (χ3n) is 5.75. The second-order valence-corrected chi connectivity index (χ2v) is 6.48. The molecule has 0 amide bonds. The Kier molecular flexibility index (Phi) is 3.39. The highest BCUT2D eigenvalue weighted by Gasteiger charge is 2.50. The van der Waals surface area contributed by atoms with Gasteiger partial charge < -0.3 is 10.5 Å². The molecule has 4 nitrogen and oxygen atoms in total. The van der Waals surface area contributed by atoms with Crippen LogP contribution in [0, 0.1) is 0 Å². The van der Waals surface area contributed by atoms with Crippen molar-refractivity contribution < 1.29 is 4.74 Å². The summed E-state index contributed by atoms with van der Waals surface area (Å²) in [5.74, 6) is 0. The smallest absolute Gasteiger partial charge is 0.0607 e. The lowest BCUT2D eigenvalue weighted by atomic mass is 9.72. The van der Waals surface area contributed by atoms with Gasteiger partial charge in [0.25, 0.3) is 0 Å². The molecule has 4 heteroatoms. The summed E-state index contributed by atoms with van der Waals surface area (Å²) in [4.78, 5) is 5.29. The molecule has 104 valence electrons. The van der Waals surface area contributed by atoms with Crippen molar-refractivity contribution >= 4 is 0 Å². The van der Waals surface area contributed by atoms with Crippen molar-refractivity contribution in [1.29, 1.82) is 0 Å². The Labute approximate surface area is 110 Å². The molecule has 18 heavy (non-hydrogen) atoms. The zero-order valence-corrected chi connectivity index (χ0v) is 11.8. The predicted molar refractivity (Wildman–Crippen MR) is 72.6 cm³/mol. The van der Waals surface area contributed by atoms with E-state index in [0.717, 1.165) is 31.5 Å². The molecule has 0 spiro atoms. The Morgan fingerprint density at radius 1 is 1.22 bits per heavy atom. The van der Waals surface area contributed by atoms with Gasteiger partial charge in [0.05, 0.1) is 6.10 Å². The highest BCUT2D eigenvalue weighted by atomic mass is 16.5. The number of ether oxygens (including phenoxy) is 1. The second kappa shape index (κ2) is 4.75. The highest BCUT2D eigenvalue weighted by Crippen LogP contribution is 2.41. The van der Waals surface area contributed by atoms with E-state index in [1.807, 2.05) is 7.11 Å². The number of nitrogens with two attached hydrogens (primary N) is 1. The minimum Gasteiger partial charge on any atom is -0.381 e. The maximum atomic E-state index is 6.09. The summed E-state index contributed by atoms with van der Waals surface area (Å²) >= 11 is 0. The van der Waals surface area contributed by atoms with E-state index >= 15 is 0 Å². The lowest BCUT2D eigenvalue weighted by molar-refractivity contribution is -0.0891. The standard InChI is InChI=1S/C14H27N3O/c1-16-11-3-4-12(16)9-17(6-5-11)14(10-15)7-13(8-14)18-2/h11-13H,3-10,15H2,1-2H3. The molecule has 3 aliphatic rings. The lowest BCUT2D eigenvalue weighted by Gasteiger charge is -2.54. The topological polar surface area (TPSA) is 41.7 Å². The molecular weight excluding hydrogens is 226 g/mol. The van der Waals surface area contributed by atoms with E-state index in [-0.39, 0.29) is 5.54 Å². The van der Waals surface area contributed by atoms with Gasteiger partial charge in [-0.25, -0.2) is 0 Å². The van der Waals surface area contributed by atoms with Gasteiger partial charge in [0.2, 0.25) is 0 Å². The van der Waals surface area contributed by atoms with Crippen molar-refractivity contribution in [2.45, 2.75) is 55.8 Å². The first-order chi connectivity index (χ1) is 8.68. The van der Waals surface area contributed by atoms with Crippen LogP contribution in [0.1, 0.15) is 32.1 Å². The van der Waals surface area contributed by atoms with Gasteiger partial charge >= 0.3 is 0 Å². The molecule has 3 fully saturated rings. The molecule has 2 aliphatic heterocycles. The van der Waals surface area contributed by atoms with Crippen LogP contribution in [0.2, 0.25) is 0 Å². The van der Waals surface area contributed by atoms with Crippen molar-refractivity contribution in [1.82, 2.24) is 9.80 Å². The van der Waals surface area contributed by atoms with Crippen molar-refractivity contribution in [3.05, 3.63) is 0 Å². The zero-order chi connectivity index (χ0) is 12.8. The summed E-state index contributed by atoms with van der Waals surface area (Å²) in [6.45, 7) is 3.22. The van der Waals surface area contributed by atoms with E-state index in [1.54, 1.807) is 0 Å². The molecule has 3 rings (SSSR count). The number of hydrogen-bond acceptors (Lipinski definition) is 4. The van der Waals surface area contributed by atoms with Gasteiger partial charge in [-0.15, -0.1) is 0 Å². The van der Waals surface area contributed by atoms with E-state index in [9.17, 15) is 0 Å². The van der Waals surface area contributed by atoms with E-state index in [0.29, 0.717) is 6.10 Å². The van der Waals surface area contributed by atoms with Crippen LogP contribution in [0.4, 0.5) is 0 Å². The van der Waals surface area contributed by atoms with Crippen molar-refractivity contribution in [2.24, 2.45) is 5.73 Å². The fraction of sp³-hybridized carbons (Fsp3) is 1.00. The molecule has 2 N–H and O–H groups in total. The normalized spacial score (nSPS) is 45.8. The van der Waals surface area contributed by atoms with E-state index < -0.39 is 0 Å². The molecule has 0 aromatic heterocycles.